The first kappa shape index (κ1) is 47.5. The Bertz CT molecular complexity index is 946. The minimum Gasteiger partial charge on any atom is -0.790 e. The maximum absolute atomic E-state index is 8.66. The van der Waals surface area contributed by atoms with Crippen LogP contribution in [0.25, 0.3) is 0 Å². The average Bonchev–Trinajstić information content (AvgIpc) is 3.03. The summed E-state index contributed by atoms with van der Waals surface area (Å²) in [6, 6.07) is 21.8. The summed E-state index contributed by atoms with van der Waals surface area (Å²) in [5, 5.41) is 0. The Morgan fingerprint density at radius 1 is 0.469 bits per heavy atom. The number of hydrogen-bond acceptors (Lipinski definition) is 3. The Kier molecular flexibility index (Phi) is 29.2. The molecule has 7 heteroatoms. The van der Waals surface area contributed by atoms with Crippen molar-refractivity contribution < 1.29 is 28.2 Å². The molecule has 0 aliphatic heterocycles. The van der Waals surface area contributed by atoms with Crippen molar-refractivity contribution in [3.63, 3.8) is 0 Å². The zero-order valence-electron chi connectivity index (χ0n) is 32.8. The van der Waals surface area contributed by atoms with Crippen LogP contribution in [0.3, 0.4) is 0 Å². The van der Waals surface area contributed by atoms with E-state index in [-0.39, 0.29) is 0 Å². The van der Waals surface area contributed by atoms with Gasteiger partial charge in [0.05, 0.1) is 49.1 Å². The lowest BCUT2D eigenvalue weighted by Gasteiger charge is -2.30. The lowest BCUT2D eigenvalue weighted by molar-refractivity contribution is -0.903. The predicted molar refractivity (Wildman–Crippen MR) is 208 cm³/mol. The van der Waals surface area contributed by atoms with Gasteiger partial charge in [0.25, 0.3) is 0 Å². The highest BCUT2D eigenvalue weighted by Gasteiger charge is 2.16. The Morgan fingerprint density at radius 2 is 0.694 bits per heavy atom. The van der Waals surface area contributed by atoms with E-state index < -0.39 is 7.82 Å². The van der Waals surface area contributed by atoms with Gasteiger partial charge in [-0.05, 0) is 25.7 Å². The number of hydrogen-bond donors (Lipinski definition) is 1. The third-order valence-corrected chi connectivity index (χ3v) is 9.14. The minimum absolute atomic E-state index is 1.11. The number of rotatable bonds is 26. The number of unbranched alkanes of at least 4 members (excludes halogenated alkanes) is 18. The van der Waals surface area contributed by atoms with Crippen LogP contribution in [0, 0.1) is 0 Å². The van der Waals surface area contributed by atoms with Gasteiger partial charge in [-0.25, -0.2) is 0 Å². The van der Waals surface area contributed by atoms with Gasteiger partial charge in [-0.2, -0.15) is 0 Å². The Hall–Kier alpha value is -1.53. The van der Waals surface area contributed by atoms with Crippen LogP contribution in [0.2, 0.25) is 0 Å². The Balaban J connectivity index is 0.000000826. The van der Waals surface area contributed by atoms with E-state index in [1.54, 1.807) is 0 Å². The molecule has 1 N–H and O–H groups in total. The van der Waals surface area contributed by atoms with Crippen molar-refractivity contribution in [3.05, 3.63) is 71.8 Å². The van der Waals surface area contributed by atoms with E-state index in [2.05, 4.69) is 103 Å². The van der Waals surface area contributed by atoms with Crippen molar-refractivity contribution in [2.75, 3.05) is 41.3 Å². The van der Waals surface area contributed by atoms with E-state index in [1.165, 1.54) is 153 Å². The van der Waals surface area contributed by atoms with E-state index in [0.29, 0.717) is 0 Å². The number of phosphoric acid groups is 1. The third-order valence-electron chi connectivity index (χ3n) is 9.14. The zero-order valence-corrected chi connectivity index (χ0v) is 33.7. The summed E-state index contributed by atoms with van der Waals surface area (Å²) < 4.78 is 10.9. The van der Waals surface area contributed by atoms with Crippen molar-refractivity contribution in [2.45, 2.75) is 155 Å². The number of nitrogens with zero attached hydrogens (tertiary/aromatic N) is 2. The van der Waals surface area contributed by atoms with Crippen LogP contribution in [-0.2, 0) is 17.7 Å². The second kappa shape index (κ2) is 30.1. The molecule has 284 valence electrons. The Morgan fingerprint density at radius 3 is 0.939 bits per heavy atom. The molecule has 0 radical (unpaired) electrons. The molecule has 0 aromatic heterocycles. The second-order valence-corrected chi connectivity index (χ2v) is 16.4. The fourth-order valence-electron chi connectivity index (χ4n) is 6.37. The van der Waals surface area contributed by atoms with Crippen molar-refractivity contribution in [1.82, 2.24) is 0 Å². The molecule has 0 saturated carbocycles. The van der Waals surface area contributed by atoms with E-state index in [9.17, 15) is 0 Å². The Labute approximate surface area is 303 Å². The molecule has 0 atom stereocenters. The fraction of sp³-hybridized carbons (Fsp3) is 0.714. The maximum atomic E-state index is 8.66. The second-order valence-electron chi connectivity index (χ2n) is 15.4. The van der Waals surface area contributed by atoms with Gasteiger partial charge >= 0.3 is 0 Å². The summed E-state index contributed by atoms with van der Waals surface area (Å²) in [5.41, 5.74) is 2.92. The highest BCUT2D eigenvalue weighted by Crippen LogP contribution is 2.16. The van der Waals surface area contributed by atoms with Crippen LogP contribution in [-0.4, -0.2) is 55.1 Å². The molecule has 0 spiro atoms. The monoisotopic (exact) mass is 705 g/mol. The molecule has 0 aliphatic carbocycles. The molecule has 2 rings (SSSR count). The normalized spacial score (nSPS) is 11.8. The summed E-state index contributed by atoms with van der Waals surface area (Å²) in [6.07, 6.45) is 28.5. The lowest BCUT2D eigenvalue weighted by Crippen LogP contribution is -2.39. The van der Waals surface area contributed by atoms with Gasteiger partial charge in [-0.1, -0.05) is 177 Å². The van der Waals surface area contributed by atoms with Crippen molar-refractivity contribution >= 4 is 7.82 Å². The topological polar surface area (TPSA) is 83.4 Å². The average molecular weight is 705 g/mol. The van der Waals surface area contributed by atoms with Crippen LogP contribution >= 0.6 is 7.82 Å². The van der Waals surface area contributed by atoms with Gasteiger partial charge in [-0.15, -0.1) is 0 Å². The molecule has 6 nitrogen and oxygen atoms in total. The van der Waals surface area contributed by atoms with Gasteiger partial charge in [0.1, 0.15) is 13.1 Å². The first-order chi connectivity index (χ1) is 23.3. The van der Waals surface area contributed by atoms with Gasteiger partial charge in [0, 0.05) is 11.1 Å². The first-order valence-corrected chi connectivity index (χ1v) is 21.2. The van der Waals surface area contributed by atoms with E-state index in [0.717, 1.165) is 22.1 Å². The smallest absolute Gasteiger partial charge is 0.104 e. The summed E-state index contributed by atoms with van der Waals surface area (Å²) >= 11 is 0. The van der Waals surface area contributed by atoms with E-state index >= 15 is 0 Å². The third kappa shape index (κ3) is 36.1. The van der Waals surface area contributed by atoms with Gasteiger partial charge in [-0.3, -0.25) is 0 Å². The number of benzene rings is 2. The largest absolute Gasteiger partial charge is 0.790 e. The fourth-order valence-corrected chi connectivity index (χ4v) is 6.37. The molecule has 49 heavy (non-hydrogen) atoms. The van der Waals surface area contributed by atoms with E-state index in [1.807, 2.05) is 0 Å². The molecule has 0 fully saturated rings. The van der Waals surface area contributed by atoms with Crippen molar-refractivity contribution in [2.24, 2.45) is 0 Å². The van der Waals surface area contributed by atoms with Crippen LogP contribution in [0.4, 0.5) is 0 Å². The molecular formula is C42H77N2O4P. The van der Waals surface area contributed by atoms with Crippen LogP contribution < -0.4 is 9.79 Å². The molecule has 0 saturated heterocycles. The molecule has 0 aliphatic rings. The van der Waals surface area contributed by atoms with Crippen LogP contribution in [0.5, 0.6) is 0 Å². The summed E-state index contributed by atoms with van der Waals surface area (Å²) in [7, 11) is 4.31. The highest BCUT2D eigenvalue weighted by atomic mass is 31.2. The van der Waals surface area contributed by atoms with Gasteiger partial charge in [0.15, 0.2) is 0 Å². The van der Waals surface area contributed by atoms with Crippen LogP contribution in [0.15, 0.2) is 60.7 Å². The lowest BCUT2D eigenvalue weighted by atomic mass is 10.1. The quantitative estimate of drug-likeness (QED) is 0.0600. The number of quaternary nitrogens is 2. The SMILES string of the molecule is CCCCCCCCCCCC[N+](C)(C)Cc1ccccc1.CCCCCCCCCCCC[N+](C)(C)Cc1ccccc1.O=P([O-])([O-])O. The molecule has 2 aromatic rings. The van der Waals surface area contributed by atoms with Gasteiger partial charge in [0.2, 0.25) is 0 Å². The van der Waals surface area contributed by atoms with E-state index in [4.69, 9.17) is 19.2 Å². The zero-order chi connectivity index (χ0) is 36.7. The predicted octanol–water partition coefficient (Wildman–Crippen LogP) is 10.2. The standard InChI is InChI=1S/2C21H38N.H3O4P/c2*1-4-5-6-7-8-9-10-11-12-16-19-22(2,3)20-21-17-14-13-15-18-21;1-5(2,3)4/h2*13-15,17-18H,4-12,16,19-20H2,1-3H3;(H3,1,2,3,4)/q2*+1;/p-2. The van der Waals surface area contributed by atoms with Crippen LogP contribution in [0.1, 0.15) is 153 Å². The molecule has 2 aromatic carbocycles. The maximum Gasteiger partial charge on any atom is 0.104 e. The molecule has 0 unspecified atom stereocenters. The first-order valence-electron chi connectivity index (χ1n) is 19.7. The highest BCUT2D eigenvalue weighted by molar-refractivity contribution is 7.42. The molecule has 0 amide bonds. The summed E-state index contributed by atoms with van der Waals surface area (Å²) in [5.74, 6) is 0. The molecule has 0 bridgehead atoms. The minimum atomic E-state index is -5.14. The summed E-state index contributed by atoms with van der Waals surface area (Å²) in [4.78, 5) is 24.3. The van der Waals surface area contributed by atoms with Crippen molar-refractivity contribution in [3.8, 4) is 0 Å². The molecule has 0 heterocycles. The molecular weight excluding hydrogens is 627 g/mol. The summed E-state index contributed by atoms with van der Waals surface area (Å²) in [6.45, 7) is 9.48. The van der Waals surface area contributed by atoms with Gasteiger partial charge < -0.3 is 28.2 Å². The van der Waals surface area contributed by atoms with Crippen molar-refractivity contribution in [1.29, 1.82) is 0 Å².